The Kier molecular flexibility index (Phi) is 3.79. The maximum atomic E-state index is 13.3. The van der Waals surface area contributed by atoms with E-state index in [4.69, 9.17) is 4.42 Å². The van der Waals surface area contributed by atoms with Gasteiger partial charge in [-0.2, -0.15) is 0 Å². The molecule has 2 nitrogen and oxygen atoms in total. The monoisotopic (exact) mass is 276 g/mol. The highest BCUT2D eigenvalue weighted by Gasteiger charge is 2.27. The maximum Gasteiger partial charge on any atom is 0.136 e. The van der Waals surface area contributed by atoms with Gasteiger partial charge in [-0.3, -0.25) is 0 Å². The highest BCUT2D eigenvalue weighted by atomic mass is 19.1. The van der Waals surface area contributed by atoms with Crippen molar-refractivity contribution in [2.24, 2.45) is 5.92 Å². The number of fused-ring (bicyclic) bond motifs is 1. The van der Waals surface area contributed by atoms with Gasteiger partial charge in [0.1, 0.15) is 23.3 Å². The van der Waals surface area contributed by atoms with Crippen LogP contribution < -0.4 is 0 Å². The van der Waals surface area contributed by atoms with Crippen molar-refractivity contribution in [3.05, 3.63) is 35.3 Å². The summed E-state index contributed by atoms with van der Waals surface area (Å²) in [7, 11) is 0. The molecule has 1 unspecified atom stereocenters. The molecule has 1 N–H and O–H groups in total. The molecule has 108 valence electrons. The maximum absolute atomic E-state index is 13.3. The van der Waals surface area contributed by atoms with Crippen molar-refractivity contribution in [1.82, 2.24) is 0 Å². The second-order valence-corrected chi connectivity index (χ2v) is 5.93. The fourth-order valence-corrected chi connectivity index (χ4v) is 3.33. The molecule has 1 aromatic carbocycles. The number of aliphatic hydroxyl groups is 1. The van der Waals surface area contributed by atoms with Crippen LogP contribution in [0, 0.1) is 18.7 Å². The molecule has 3 rings (SSSR count). The lowest BCUT2D eigenvalue weighted by Gasteiger charge is -2.20. The number of furan rings is 1. The summed E-state index contributed by atoms with van der Waals surface area (Å²) in [4.78, 5) is 0. The normalized spacial score (nSPS) is 19.1. The zero-order valence-electron chi connectivity index (χ0n) is 11.9. The van der Waals surface area contributed by atoms with Gasteiger partial charge in [0.15, 0.2) is 0 Å². The van der Waals surface area contributed by atoms with E-state index in [1.165, 1.54) is 37.8 Å². The van der Waals surface area contributed by atoms with Gasteiger partial charge in [-0.25, -0.2) is 4.39 Å². The Morgan fingerprint density at radius 2 is 1.90 bits per heavy atom. The van der Waals surface area contributed by atoms with Crippen LogP contribution in [0.4, 0.5) is 4.39 Å². The van der Waals surface area contributed by atoms with E-state index in [0.29, 0.717) is 11.3 Å². The van der Waals surface area contributed by atoms with Crippen LogP contribution in [-0.4, -0.2) is 5.11 Å². The van der Waals surface area contributed by atoms with Gasteiger partial charge < -0.3 is 9.52 Å². The number of hydrogen-bond donors (Lipinski definition) is 1. The molecule has 0 amide bonds. The predicted octanol–water partition coefficient (Wildman–Crippen LogP) is 4.88. The van der Waals surface area contributed by atoms with Gasteiger partial charge in [-0.15, -0.1) is 0 Å². The first-order valence-electron chi connectivity index (χ1n) is 7.53. The fraction of sp³-hybridized carbons (Fsp3) is 0.529. The topological polar surface area (TPSA) is 33.4 Å². The minimum Gasteiger partial charge on any atom is -0.458 e. The summed E-state index contributed by atoms with van der Waals surface area (Å²) in [6.45, 7) is 1.90. The Morgan fingerprint density at radius 1 is 1.20 bits per heavy atom. The van der Waals surface area contributed by atoms with E-state index in [9.17, 15) is 9.50 Å². The molecular formula is C17H21FO2. The van der Waals surface area contributed by atoms with Crippen molar-refractivity contribution >= 4 is 11.0 Å². The third-order valence-corrected chi connectivity index (χ3v) is 4.55. The SMILES string of the molecule is Cc1c(C(O)C2CCCCCC2)oc2ccc(F)cc12. The van der Waals surface area contributed by atoms with Crippen LogP contribution in [0.25, 0.3) is 11.0 Å². The Bertz CT molecular complexity index is 594. The number of benzene rings is 1. The number of hydrogen-bond acceptors (Lipinski definition) is 2. The first-order chi connectivity index (χ1) is 9.66. The van der Waals surface area contributed by atoms with E-state index in [1.807, 2.05) is 6.92 Å². The standard InChI is InChI=1S/C17H21FO2/c1-11-14-10-13(18)8-9-15(14)20-17(11)16(19)12-6-4-2-3-5-7-12/h8-10,12,16,19H,2-7H2,1H3. The zero-order chi connectivity index (χ0) is 14.1. The smallest absolute Gasteiger partial charge is 0.136 e. The van der Waals surface area contributed by atoms with E-state index in [1.54, 1.807) is 6.07 Å². The van der Waals surface area contributed by atoms with Crippen LogP contribution >= 0.6 is 0 Å². The summed E-state index contributed by atoms with van der Waals surface area (Å²) >= 11 is 0. The van der Waals surface area contributed by atoms with Crippen molar-refractivity contribution in [3.63, 3.8) is 0 Å². The molecule has 1 aliphatic carbocycles. The molecule has 1 atom stereocenters. The lowest BCUT2D eigenvalue weighted by atomic mass is 9.91. The molecular weight excluding hydrogens is 255 g/mol. The van der Waals surface area contributed by atoms with Gasteiger partial charge in [0, 0.05) is 10.9 Å². The van der Waals surface area contributed by atoms with Gasteiger partial charge in [0.25, 0.3) is 0 Å². The molecule has 2 aromatic rings. The average Bonchev–Trinajstić information content (AvgIpc) is 2.66. The molecule has 0 saturated heterocycles. The Balaban J connectivity index is 1.94. The largest absolute Gasteiger partial charge is 0.458 e. The second-order valence-electron chi connectivity index (χ2n) is 5.93. The van der Waals surface area contributed by atoms with Crippen LogP contribution in [0.2, 0.25) is 0 Å². The number of halogens is 1. The number of rotatable bonds is 2. The Labute approximate surface area is 118 Å². The molecule has 1 heterocycles. The van der Waals surface area contributed by atoms with E-state index in [2.05, 4.69) is 0 Å². The van der Waals surface area contributed by atoms with Gasteiger partial charge in [0.05, 0.1) is 0 Å². The van der Waals surface area contributed by atoms with Crippen molar-refractivity contribution in [2.45, 2.75) is 51.6 Å². The summed E-state index contributed by atoms with van der Waals surface area (Å²) in [6.07, 6.45) is 6.40. The summed E-state index contributed by atoms with van der Waals surface area (Å²) in [6, 6.07) is 4.52. The number of aryl methyl sites for hydroxylation is 1. The number of aliphatic hydroxyl groups excluding tert-OH is 1. The summed E-state index contributed by atoms with van der Waals surface area (Å²) in [5.74, 6) is 0.621. The molecule has 1 saturated carbocycles. The van der Waals surface area contributed by atoms with Crippen LogP contribution in [0.3, 0.4) is 0 Å². The summed E-state index contributed by atoms with van der Waals surface area (Å²) in [5.41, 5.74) is 1.53. The van der Waals surface area contributed by atoms with Crippen LogP contribution in [0.5, 0.6) is 0 Å². The van der Waals surface area contributed by atoms with Crippen molar-refractivity contribution in [3.8, 4) is 0 Å². The van der Waals surface area contributed by atoms with Gasteiger partial charge >= 0.3 is 0 Å². The second kappa shape index (κ2) is 5.57. The molecule has 20 heavy (non-hydrogen) atoms. The molecule has 0 aliphatic heterocycles. The molecule has 0 spiro atoms. The molecule has 0 radical (unpaired) electrons. The average molecular weight is 276 g/mol. The first kappa shape index (κ1) is 13.6. The summed E-state index contributed by atoms with van der Waals surface area (Å²) in [5, 5.41) is 11.4. The highest BCUT2D eigenvalue weighted by Crippen LogP contribution is 2.38. The Hall–Kier alpha value is -1.35. The summed E-state index contributed by atoms with van der Waals surface area (Å²) < 4.78 is 19.1. The van der Waals surface area contributed by atoms with Gasteiger partial charge in [0.2, 0.25) is 0 Å². The first-order valence-corrected chi connectivity index (χ1v) is 7.53. The van der Waals surface area contributed by atoms with E-state index < -0.39 is 6.10 Å². The van der Waals surface area contributed by atoms with Crippen molar-refractivity contribution in [2.75, 3.05) is 0 Å². The van der Waals surface area contributed by atoms with Crippen LogP contribution in [0.1, 0.15) is 56.0 Å². The van der Waals surface area contributed by atoms with E-state index in [0.717, 1.165) is 23.8 Å². The zero-order valence-corrected chi connectivity index (χ0v) is 11.9. The Morgan fingerprint density at radius 3 is 2.60 bits per heavy atom. The third kappa shape index (κ3) is 2.47. The molecule has 1 aromatic heterocycles. The molecule has 1 aliphatic rings. The molecule has 3 heteroatoms. The third-order valence-electron chi connectivity index (χ3n) is 4.55. The lowest BCUT2D eigenvalue weighted by Crippen LogP contribution is -2.12. The van der Waals surface area contributed by atoms with E-state index in [-0.39, 0.29) is 11.7 Å². The highest BCUT2D eigenvalue weighted by molar-refractivity contribution is 5.82. The quantitative estimate of drug-likeness (QED) is 0.793. The van der Waals surface area contributed by atoms with E-state index >= 15 is 0 Å². The predicted molar refractivity (Wildman–Crippen MR) is 77.1 cm³/mol. The van der Waals surface area contributed by atoms with Crippen molar-refractivity contribution < 1.29 is 13.9 Å². The van der Waals surface area contributed by atoms with Crippen molar-refractivity contribution in [1.29, 1.82) is 0 Å². The lowest BCUT2D eigenvalue weighted by molar-refractivity contribution is 0.0784. The van der Waals surface area contributed by atoms with Gasteiger partial charge in [-0.1, -0.05) is 25.7 Å². The minimum atomic E-state index is -0.566. The fourth-order valence-electron chi connectivity index (χ4n) is 3.33. The minimum absolute atomic E-state index is 0.265. The van der Waals surface area contributed by atoms with Gasteiger partial charge in [-0.05, 0) is 43.9 Å². The molecule has 1 fully saturated rings. The molecule has 0 bridgehead atoms. The van der Waals surface area contributed by atoms with Crippen LogP contribution in [0.15, 0.2) is 22.6 Å². The van der Waals surface area contributed by atoms with Crippen LogP contribution in [-0.2, 0) is 0 Å².